The van der Waals surface area contributed by atoms with Crippen LogP contribution in [0.25, 0.3) is 0 Å². The molecular weight excluding hydrogens is 242 g/mol. The fourth-order valence-electron chi connectivity index (χ4n) is 1.95. The molecule has 0 bridgehead atoms. The summed E-state index contributed by atoms with van der Waals surface area (Å²) in [6, 6.07) is 13.4. The highest BCUT2D eigenvalue weighted by Gasteiger charge is 2.19. The molecule has 2 aromatic rings. The molecule has 4 heteroatoms. The Morgan fingerprint density at radius 2 is 1.79 bits per heavy atom. The molecule has 1 atom stereocenters. The molecule has 0 aliphatic carbocycles. The first-order valence-electron chi connectivity index (χ1n) is 5.92. The lowest BCUT2D eigenvalue weighted by atomic mass is 9.98. The van der Waals surface area contributed by atoms with E-state index in [-0.39, 0.29) is 11.3 Å². The van der Waals surface area contributed by atoms with Gasteiger partial charge in [0.15, 0.2) is 0 Å². The van der Waals surface area contributed by atoms with Gasteiger partial charge in [-0.3, -0.25) is 4.79 Å². The lowest BCUT2D eigenvalue weighted by molar-refractivity contribution is -0.138. The van der Waals surface area contributed by atoms with E-state index in [9.17, 15) is 9.90 Å². The third-order valence-corrected chi connectivity index (χ3v) is 2.99. The number of aliphatic carboxylic acids is 1. The number of carboxylic acids is 1. The summed E-state index contributed by atoms with van der Waals surface area (Å²) in [5, 5.41) is 19.0. The Morgan fingerprint density at radius 3 is 2.42 bits per heavy atom. The largest absolute Gasteiger partial charge is 0.507 e. The molecule has 19 heavy (non-hydrogen) atoms. The van der Waals surface area contributed by atoms with Crippen molar-refractivity contribution in [3.8, 4) is 5.75 Å². The maximum atomic E-state index is 10.9. The minimum Gasteiger partial charge on any atom is -0.507 e. The lowest BCUT2D eigenvalue weighted by Crippen LogP contribution is -2.20. The zero-order chi connectivity index (χ0) is 13.8. The summed E-state index contributed by atoms with van der Waals surface area (Å²) in [6.45, 7) is 0. The number of rotatable bonds is 4. The average molecular weight is 257 g/mol. The van der Waals surface area contributed by atoms with Crippen molar-refractivity contribution in [1.29, 1.82) is 0 Å². The van der Waals surface area contributed by atoms with E-state index in [0.717, 1.165) is 5.56 Å². The van der Waals surface area contributed by atoms with Crippen molar-refractivity contribution in [3.63, 3.8) is 0 Å². The van der Waals surface area contributed by atoms with Gasteiger partial charge in [0.1, 0.15) is 11.8 Å². The van der Waals surface area contributed by atoms with Gasteiger partial charge < -0.3 is 15.9 Å². The monoisotopic (exact) mass is 257 g/mol. The second-order valence-corrected chi connectivity index (χ2v) is 4.33. The highest BCUT2D eigenvalue weighted by atomic mass is 16.4. The Bertz CT molecular complexity index is 581. The number of hydrogen-bond donors (Lipinski definition) is 3. The molecule has 2 rings (SSSR count). The van der Waals surface area contributed by atoms with Gasteiger partial charge in [0, 0.05) is 12.0 Å². The Kier molecular flexibility index (Phi) is 3.82. The van der Waals surface area contributed by atoms with Crippen LogP contribution in [0.5, 0.6) is 5.75 Å². The molecular formula is C15H15NO3. The van der Waals surface area contributed by atoms with Crippen molar-refractivity contribution in [2.45, 2.75) is 12.5 Å². The quantitative estimate of drug-likeness (QED) is 0.783. The fourth-order valence-corrected chi connectivity index (χ4v) is 1.95. The van der Waals surface area contributed by atoms with Gasteiger partial charge in [-0.2, -0.15) is 0 Å². The summed E-state index contributed by atoms with van der Waals surface area (Å²) >= 11 is 0. The van der Waals surface area contributed by atoms with E-state index in [2.05, 4.69) is 0 Å². The molecule has 0 radical (unpaired) electrons. The van der Waals surface area contributed by atoms with E-state index in [0.29, 0.717) is 12.0 Å². The zero-order valence-corrected chi connectivity index (χ0v) is 10.3. The predicted molar refractivity (Wildman–Crippen MR) is 71.9 cm³/mol. The molecule has 4 nitrogen and oxygen atoms in total. The third kappa shape index (κ3) is 2.92. The molecule has 0 unspecified atom stereocenters. The minimum absolute atomic E-state index is 0.0405. The SMILES string of the molecule is N[C@H](C(=O)O)c1cccc(Cc2ccccc2)c1O. The molecule has 0 aliphatic rings. The van der Waals surface area contributed by atoms with Crippen LogP contribution >= 0.6 is 0 Å². The van der Waals surface area contributed by atoms with Crippen LogP contribution in [0.3, 0.4) is 0 Å². The Hall–Kier alpha value is -2.33. The first-order valence-corrected chi connectivity index (χ1v) is 5.92. The first kappa shape index (κ1) is 13.1. The summed E-state index contributed by atoms with van der Waals surface area (Å²) in [5.41, 5.74) is 7.49. The normalized spacial score (nSPS) is 12.1. The van der Waals surface area contributed by atoms with E-state index in [1.807, 2.05) is 30.3 Å². The van der Waals surface area contributed by atoms with Crippen LogP contribution in [-0.2, 0) is 11.2 Å². The van der Waals surface area contributed by atoms with Crippen LogP contribution in [-0.4, -0.2) is 16.2 Å². The molecule has 2 aromatic carbocycles. The summed E-state index contributed by atoms with van der Waals surface area (Å²) < 4.78 is 0. The summed E-state index contributed by atoms with van der Waals surface area (Å²) in [4.78, 5) is 10.9. The predicted octanol–water partition coefficient (Wildman–Crippen LogP) is 2.07. The molecule has 0 saturated carbocycles. The van der Waals surface area contributed by atoms with Crippen molar-refractivity contribution in [3.05, 3.63) is 65.2 Å². The highest BCUT2D eigenvalue weighted by molar-refractivity contribution is 5.76. The van der Waals surface area contributed by atoms with Crippen LogP contribution < -0.4 is 5.73 Å². The minimum atomic E-state index is -1.21. The van der Waals surface area contributed by atoms with Crippen molar-refractivity contribution < 1.29 is 15.0 Å². The standard InChI is InChI=1S/C15H15NO3/c16-13(15(18)19)12-8-4-7-11(14(12)17)9-10-5-2-1-3-6-10/h1-8,13,17H,9,16H2,(H,18,19)/t13-/m0/s1. The fraction of sp³-hybridized carbons (Fsp3) is 0.133. The van der Waals surface area contributed by atoms with E-state index >= 15 is 0 Å². The Morgan fingerprint density at radius 1 is 1.11 bits per heavy atom. The number of aromatic hydroxyl groups is 1. The van der Waals surface area contributed by atoms with E-state index in [1.54, 1.807) is 12.1 Å². The van der Waals surface area contributed by atoms with E-state index < -0.39 is 12.0 Å². The highest BCUT2D eigenvalue weighted by Crippen LogP contribution is 2.28. The van der Waals surface area contributed by atoms with Gasteiger partial charge >= 0.3 is 5.97 Å². The second-order valence-electron chi connectivity index (χ2n) is 4.33. The van der Waals surface area contributed by atoms with Crippen LogP contribution in [0.4, 0.5) is 0 Å². The van der Waals surface area contributed by atoms with Crippen molar-refractivity contribution in [2.24, 2.45) is 5.73 Å². The van der Waals surface area contributed by atoms with Gasteiger partial charge in [-0.05, 0) is 11.1 Å². The lowest BCUT2D eigenvalue weighted by Gasteiger charge is -2.12. The van der Waals surface area contributed by atoms with Crippen LogP contribution in [0.2, 0.25) is 0 Å². The number of hydrogen-bond acceptors (Lipinski definition) is 3. The summed E-state index contributed by atoms with van der Waals surface area (Å²) in [5.74, 6) is -1.20. The van der Waals surface area contributed by atoms with Gasteiger partial charge in [-0.1, -0.05) is 48.5 Å². The molecule has 0 aromatic heterocycles. The number of carbonyl (C=O) groups is 1. The summed E-state index contributed by atoms with van der Waals surface area (Å²) in [7, 11) is 0. The number of carboxylic acid groups (broad SMARTS) is 1. The van der Waals surface area contributed by atoms with Crippen molar-refractivity contribution >= 4 is 5.97 Å². The number of phenolic OH excluding ortho intramolecular Hbond substituents is 1. The number of para-hydroxylation sites is 1. The zero-order valence-electron chi connectivity index (χ0n) is 10.3. The molecule has 0 fully saturated rings. The van der Waals surface area contributed by atoms with Crippen molar-refractivity contribution in [2.75, 3.05) is 0 Å². The van der Waals surface area contributed by atoms with Gasteiger partial charge in [0.2, 0.25) is 0 Å². The maximum Gasteiger partial charge on any atom is 0.325 e. The molecule has 4 N–H and O–H groups in total. The average Bonchev–Trinajstić information content (AvgIpc) is 2.41. The smallest absolute Gasteiger partial charge is 0.325 e. The second kappa shape index (κ2) is 5.54. The van der Waals surface area contributed by atoms with Crippen molar-refractivity contribution in [1.82, 2.24) is 0 Å². The van der Waals surface area contributed by atoms with Gasteiger partial charge in [0.25, 0.3) is 0 Å². The molecule has 0 aliphatic heterocycles. The third-order valence-electron chi connectivity index (χ3n) is 2.99. The van der Waals surface area contributed by atoms with Gasteiger partial charge in [-0.15, -0.1) is 0 Å². The van der Waals surface area contributed by atoms with Gasteiger partial charge in [-0.25, -0.2) is 0 Å². The molecule has 98 valence electrons. The first-order chi connectivity index (χ1) is 9.09. The molecule has 0 saturated heterocycles. The van der Waals surface area contributed by atoms with E-state index in [1.165, 1.54) is 6.07 Å². The number of benzene rings is 2. The Balaban J connectivity index is 2.33. The summed E-state index contributed by atoms with van der Waals surface area (Å²) in [6.07, 6.45) is 0.535. The number of phenols is 1. The van der Waals surface area contributed by atoms with E-state index in [4.69, 9.17) is 10.8 Å². The maximum absolute atomic E-state index is 10.9. The number of nitrogens with two attached hydrogens (primary N) is 1. The van der Waals surface area contributed by atoms with Crippen LogP contribution in [0.1, 0.15) is 22.7 Å². The molecule has 0 heterocycles. The van der Waals surface area contributed by atoms with Crippen LogP contribution in [0.15, 0.2) is 48.5 Å². The van der Waals surface area contributed by atoms with Crippen LogP contribution in [0, 0.1) is 0 Å². The molecule has 0 spiro atoms. The molecule has 0 amide bonds. The topological polar surface area (TPSA) is 83.6 Å². The Labute approximate surface area is 111 Å². The van der Waals surface area contributed by atoms with Gasteiger partial charge in [0.05, 0.1) is 0 Å².